The van der Waals surface area contributed by atoms with Gasteiger partial charge < -0.3 is 19.5 Å². The number of aromatic amines is 1. The number of carbonyl (C=O) groups is 2. The number of hydrogen-bond donors (Lipinski definition) is 1. The molecule has 1 aliphatic rings. The molecule has 0 spiro atoms. The minimum absolute atomic E-state index is 0.121. The first-order valence-corrected chi connectivity index (χ1v) is 10.3. The van der Waals surface area contributed by atoms with Gasteiger partial charge in [-0.25, -0.2) is 4.79 Å². The van der Waals surface area contributed by atoms with Crippen LogP contribution in [0.2, 0.25) is 0 Å². The quantitative estimate of drug-likeness (QED) is 0.851. The smallest absolute Gasteiger partial charge is 0.409 e. The fourth-order valence-electron chi connectivity index (χ4n) is 3.02. The molecule has 150 valence electrons. The molecule has 28 heavy (non-hydrogen) atoms. The first kappa shape index (κ1) is 20.1. The number of H-pyrrole nitrogens is 1. The average Bonchev–Trinajstić information content (AvgIpc) is 3.10. The van der Waals surface area contributed by atoms with Gasteiger partial charge in [0.05, 0.1) is 17.2 Å². The molecule has 7 nitrogen and oxygen atoms in total. The highest BCUT2D eigenvalue weighted by Crippen LogP contribution is 2.21. The van der Waals surface area contributed by atoms with E-state index in [1.807, 2.05) is 31.4 Å². The summed E-state index contributed by atoms with van der Waals surface area (Å²) in [4.78, 5) is 44.4. The van der Waals surface area contributed by atoms with Crippen LogP contribution in [0, 0.1) is 5.92 Å². The highest BCUT2D eigenvalue weighted by molar-refractivity contribution is 7.13. The number of ether oxygens (including phenoxy) is 1. The number of carbonyl (C=O) groups excluding carboxylic acids is 2. The summed E-state index contributed by atoms with van der Waals surface area (Å²) in [5, 5.41) is 1.93. The summed E-state index contributed by atoms with van der Waals surface area (Å²) >= 11 is 1.52. The minimum atomic E-state index is -0.395. The molecule has 0 bridgehead atoms. The molecule has 0 atom stereocenters. The number of nitrogens with zero attached hydrogens (tertiary/aromatic N) is 2. The molecule has 1 N–H and O–H groups in total. The van der Waals surface area contributed by atoms with E-state index in [0.29, 0.717) is 44.9 Å². The zero-order valence-corrected chi connectivity index (χ0v) is 17.0. The lowest BCUT2D eigenvalue weighted by Crippen LogP contribution is -2.39. The Hall–Kier alpha value is -2.61. The van der Waals surface area contributed by atoms with Gasteiger partial charge in [-0.05, 0) is 35.9 Å². The van der Waals surface area contributed by atoms with Gasteiger partial charge in [0.25, 0.3) is 11.5 Å². The van der Waals surface area contributed by atoms with Crippen molar-refractivity contribution in [3.8, 4) is 10.6 Å². The van der Waals surface area contributed by atoms with Crippen molar-refractivity contribution in [2.24, 2.45) is 5.92 Å². The number of rotatable bonds is 4. The van der Waals surface area contributed by atoms with Crippen LogP contribution in [0.4, 0.5) is 4.79 Å². The van der Waals surface area contributed by atoms with E-state index in [2.05, 4.69) is 4.98 Å². The molecule has 0 saturated carbocycles. The molecular formula is C20H25N3O4S. The molecule has 3 heterocycles. The molecule has 2 aromatic heterocycles. The van der Waals surface area contributed by atoms with Crippen molar-refractivity contribution >= 4 is 23.3 Å². The number of hydrogen-bond acceptors (Lipinski definition) is 5. The Morgan fingerprint density at radius 2 is 1.89 bits per heavy atom. The summed E-state index contributed by atoms with van der Waals surface area (Å²) in [5.41, 5.74) is 0.427. The van der Waals surface area contributed by atoms with Gasteiger partial charge in [0, 0.05) is 26.2 Å². The Balaban J connectivity index is 1.65. The van der Waals surface area contributed by atoms with Crippen molar-refractivity contribution in [3.63, 3.8) is 0 Å². The third-order valence-electron chi connectivity index (χ3n) is 4.51. The maximum absolute atomic E-state index is 12.8. The Labute approximate surface area is 167 Å². The Kier molecular flexibility index (Phi) is 6.51. The van der Waals surface area contributed by atoms with Gasteiger partial charge in [-0.2, -0.15) is 0 Å². The van der Waals surface area contributed by atoms with E-state index in [4.69, 9.17) is 4.74 Å². The van der Waals surface area contributed by atoms with Gasteiger partial charge in [0.1, 0.15) is 5.56 Å². The number of aromatic nitrogens is 1. The van der Waals surface area contributed by atoms with Crippen LogP contribution in [0.25, 0.3) is 10.6 Å². The van der Waals surface area contributed by atoms with E-state index in [-0.39, 0.29) is 23.5 Å². The molecule has 2 amide bonds. The van der Waals surface area contributed by atoms with Crippen molar-refractivity contribution in [2.75, 3.05) is 32.8 Å². The highest BCUT2D eigenvalue weighted by Gasteiger charge is 2.25. The van der Waals surface area contributed by atoms with Crippen molar-refractivity contribution < 1.29 is 14.3 Å². The van der Waals surface area contributed by atoms with Crippen LogP contribution in [0.3, 0.4) is 0 Å². The van der Waals surface area contributed by atoms with Gasteiger partial charge in [0.15, 0.2) is 0 Å². The molecule has 0 aliphatic carbocycles. The largest absolute Gasteiger partial charge is 0.449 e. The summed E-state index contributed by atoms with van der Waals surface area (Å²) in [6.07, 6.45) is 0.300. The first-order valence-electron chi connectivity index (χ1n) is 9.44. The zero-order chi connectivity index (χ0) is 20.1. The van der Waals surface area contributed by atoms with Gasteiger partial charge in [-0.15, -0.1) is 11.3 Å². The maximum atomic E-state index is 12.8. The summed E-state index contributed by atoms with van der Waals surface area (Å²) in [7, 11) is 0. The summed E-state index contributed by atoms with van der Waals surface area (Å²) < 4.78 is 5.28. The SMILES string of the molecule is CC(C)COC(=O)N1CCCN(C(=O)c2ccc(-c3cccs3)[nH]c2=O)CC1. The van der Waals surface area contributed by atoms with Crippen LogP contribution < -0.4 is 5.56 Å². The van der Waals surface area contributed by atoms with Gasteiger partial charge in [-0.1, -0.05) is 19.9 Å². The monoisotopic (exact) mass is 403 g/mol. The van der Waals surface area contributed by atoms with E-state index in [1.54, 1.807) is 21.9 Å². The average molecular weight is 404 g/mol. The predicted molar refractivity (Wildman–Crippen MR) is 109 cm³/mol. The summed E-state index contributed by atoms with van der Waals surface area (Å²) in [6, 6.07) is 7.16. The van der Waals surface area contributed by atoms with Crippen LogP contribution in [0.5, 0.6) is 0 Å². The molecule has 0 aromatic carbocycles. The van der Waals surface area contributed by atoms with Crippen LogP contribution in [-0.4, -0.2) is 59.6 Å². The maximum Gasteiger partial charge on any atom is 0.409 e. The molecule has 1 saturated heterocycles. The second-order valence-electron chi connectivity index (χ2n) is 7.20. The lowest BCUT2D eigenvalue weighted by atomic mass is 10.2. The molecule has 8 heteroatoms. The van der Waals surface area contributed by atoms with Gasteiger partial charge in [0.2, 0.25) is 0 Å². The second-order valence-corrected chi connectivity index (χ2v) is 8.14. The fourth-order valence-corrected chi connectivity index (χ4v) is 3.73. The van der Waals surface area contributed by atoms with E-state index < -0.39 is 5.56 Å². The number of amides is 2. The fraction of sp³-hybridized carbons (Fsp3) is 0.450. The number of nitrogens with one attached hydrogen (secondary N) is 1. The third-order valence-corrected chi connectivity index (χ3v) is 5.41. The molecule has 0 radical (unpaired) electrons. The Morgan fingerprint density at radius 1 is 1.14 bits per heavy atom. The van der Waals surface area contributed by atoms with Crippen LogP contribution in [0.1, 0.15) is 30.6 Å². The first-order chi connectivity index (χ1) is 13.5. The number of thiophene rings is 1. The molecule has 1 fully saturated rings. The van der Waals surface area contributed by atoms with E-state index in [1.165, 1.54) is 11.3 Å². The van der Waals surface area contributed by atoms with E-state index in [0.717, 1.165) is 4.88 Å². The molecular weight excluding hydrogens is 378 g/mol. The van der Waals surface area contributed by atoms with Crippen molar-refractivity contribution in [1.29, 1.82) is 0 Å². The standard InChI is InChI=1S/C20H25N3O4S/c1-14(2)13-27-20(26)23-9-4-8-22(10-11-23)19(25)15-6-7-16(21-18(15)24)17-5-3-12-28-17/h3,5-7,12,14H,4,8-11,13H2,1-2H3,(H,21,24). The van der Waals surface area contributed by atoms with Crippen LogP contribution in [0.15, 0.2) is 34.4 Å². The molecule has 0 unspecified atom stereocenters. The third kappa shape index (κ3) is 4.81. The van der Waals surface area contributed by atoms with Crippen molar-refractivity contribution in [2.45, 2.75) is 20.3 Å². The van der Waals surface area contributed by atoms with E-state index in [9.17, 15) is 14.4 Å². The minimum Gasteiger partial charge on any atom is -0.449 e. The Morgan fingerprint density at radius 3 is 2.57 bits per heavy atom. The predicted octanol–water partition coefficient (Wildman–Crippen LogP) is 3.04. The van der Waals surface area contributed by atoms with E-state index >= 15 is 0 Å². The Bertz CT molecular complexity index is 876. The molecule has 1 aliphatic heterocycles. The van der Waals surface area contributed by atoms with Gasteiger partial charge >= 0.3 is 6.09 Å². The lowest BCUT2D eigenvalue weighted by molar-refractivity contribution is 0.0745. The topological polar surface area (TPSA) is 82.7 Å². The van der Waals surface area contributed by atoms with Crippen molar-refractivity contribution in [1.82, 2.24) is 14.8 Å². The summed E-state index contributed by atoms with van der Waals surface area (Å²) in [5.74, 6) is -0.0331. The van der Waals surface area contributed by atoms with Gasteiger partial charge in [-0.3, -0.25) is 9.59 Å². The summed E-state index contributed by atoms with van der Waals surface area (Å²) in [6.45, 7) is 6.15. The van der Waals surface area contributed by atoms with Crippen LogP contribution >= 0.6 is 11.3 Å². The highest BCUT2D eigenvalue weighted by atomic mass is 32.1. The molecule has 3 rings (SSSR count). The van der Waals surface area contributed by atoms with Crippen molar-refractivity contribution in [3.05, 3.63) is 45.6 Å². The van der Waals surface area contributed by atoms with Crippen LogP contribution in [-0.2, 0) is 4.74 Å². The normalized spacial score (nSPS) is 14.8. The lowest BCUT2D eigenvalue weighted by Gasteiger charge is -2.22. The second kappa shape index (κ2) is 9.05. The zero-order valence-electron chi connectivity index (χ0n) is 16.1. The number of pyridine rings is 1. The molecule has 2 aromatic rings.